The largest absolute Gasteiger partial charge is 1.00 e. The lowest BCUT2D eigenvalue weighted by atomic mass is 10.6. The molecule has 0 radical (unpaired) electrons. The van der Waals surface area contributed by atoms with Crippen molar-refractivity contribution in [2.24, 2.45) is 0 Å². The summed E-state index contributed by atoms with van der Waals surface area (Å²) in [5.74, 6) is 0. The number of rotatable bonds is 0. The van der Waals surface area contributed by atoms with E-state index < -0.39 is 0 Å². The first-order valence-corrected chi connectivity index (χ1v) is 2.84. The molecule has 0 spiro atoms. The first-order chi connectivity index (χ1) is 3.80. The van der Waals surface area contributed by atoms with E-state index in [9.17, 15) is 4.79 Å². The molecule has 6 heteroatoms. The van der Waals surface area contributed by atoms with Gasteiger partial charge in [0.15, 0.2) is 0 Å². The summed E-state index contributed by atoms with van der Waals surface area (Å²) < 4.78 is 0.538. The number of aromatic amines is 2. The first kappa shape index (κ1) is 12.5. The molecule has 1 aromatic rings. The van der Waals surface area contributed by atoms with E-state index >= 15 is 0 Å². The maximum Gasteiger partial charge on any atom is 0.259 e. The molecular formula is C4H6Br2N2O2. The minimum atomic E-state index is -0.0521. The van der Waals surface area contributed by atoms with Gasteiger partial charge < -0.3 is 22.5 Å². The molecule has 1 aromatic heterocycles. The average molecular weight is 274 g/mol. The number of H-pyrrole nitrogens is 2. The van der Waals surface area contributed by atoms with E-state index in [1.807, 2.05) is 0 Å². The molecular weight excluding hydrogens is 268 g/mol. The molecule has 0 amide bonds. The van der Waals surface area contributed by atoms with Crippen LogP contribution in [0.1, 0.15) is 0 Å². The Bertz CT molecular complexity index is 237. The molecule has 0 fully saturated rings. The summed E-state index contributed by atoms with van der Waals surface area (Å²) in [6.07, 6.45) is 2.88. The van der Waals surface area contributed by atoms with Crippen molar-refractivity contribution in [1.82, 2.24) is 5.10 Å². The minimum absolute atomic E-state index is 0. The van der Waals surface area contributed by atoms with E-state index in [4.69, 9.17) is 0 Å². The second-order valence-corrected chi connectivity index (χ2v) is 2.14. The minimum Gasteiger partial charge on any atom is -1.00 e. The molecule has 10 heavy (non-hydrogen) atoms. The summed E-state index contributed by atoms with van der Waals surface area (Å²) in [4.78, 5) is 10.5. The molecule has 1 heterocycles. The van der Waals surface area contributed by atoms with E-state index in [2.05, 4.69) is 26.1 Å². The summed E-state index contributed by atoms with van der Waals surface area (Å²) in [5, 5.41) is 5.16. The molecule has 1 rings (SSSR count). The second kappa shape index (κ2) is 5.57. The molecule has 0 aliphatic heterocycles. The van der Waals surface area contributed by atoms with Gasteiger partial charge >= 0.3 is 0 Å². The highest BCUT2D eigenvalue weighted by atomic mass is 79.9. The SMILES string of the molecule is O.O=c1c[nH+][nH]cc1Br.[Br-]. The number of nitrogens with one attached hydrogen (secondary N) is 2. The molecule has 4 N–H and O–H groups in total. The zero-order valence-electron chi connectivity index (χ0n) is 4.82. The Morgan fingerprint density at radius 3 is 2.50 bits per heavy atom. The Labute approximate surface area is 75.9 Å². The summed E-state index contributed by atoms with van der Waals surface area (Å²) in [7, 11) is 0. The quantitative estimate of drug-likeness (QED) is 0.516. The average Bonchev–Trinajstić information content (AvgIpc) is 1.77. The monoisotopic (exact) mass is 272 g/mol. The highest BCUT2D eigenvalue weighted by Crippen LogP contribution is 1.93. The Balaban J connectivity index is 0. The van der Waals surface area contributed by atoms with Crippen molar-refractivity contribution in [3.05, 3.63) is 27.1 Å². The molecule has 0 unspecified atom stereocenters. The van der Waals surface area contributed by atoms with Crippen LogP contribution in [0, 0.1) is 0 Å². The molecule has 58 valence electrons. The maximum absolute atomic E-state index is 10.5. The van der Waals surface area contributed by atoms with E-state index in [-0.39, 0.29) is 27.9 Å². The van der Waals surface area contributed by atoms with E-state index in [1.165, 1.54) is 6.20 Å². The molecule has 0 bridgehead atoms. The Morgan fingerprint density at radius 2 is 2.20 bits per heavy atom. The Kier molecular flexibility index (Phi) is 6.95. The van der Waals surface area contributed by atoms with Crippen molar-refractivity contribution in [3.8, 4) is 0 Å². The third-order valence-electron chi connectivity index (χ3n) is 0.721. The highest BCUT2D eigenvalue weighted by molar-refractivity contribution is 9.10. The summed E-state index contributed by atoms with van der Waals surface area (Å²) in [5.41, 5.74) is -0.0521. The van der Waals surface area contributed by atoms with Gasteiger partial charge in [0.25, 0.3) is 5.43 Å². The van der Waals surface area contributed by atoms with Gasteiger partial charge in [-0.25, -0.2) is 0 Å². The molecule has 0 saturated heterocycles. The van der Waals surface area contributed by atoms with Crippen LogP contribution in [0.15, 0.2) is 21.7 Å². The van der Waals surface area contributed by atoms with Crippen LogP contribution in [-0.2, 0) is 0 Å². The smallest absolute Gasteiger partial charge is 0.259 e. The maximum atomic E-state index is 10.5. The topological polar surface area (TPSA) is 78.5 Å². The van der Waals surface area contributed by atoms with Gasteiger partial charge in [0.1, 0.15) is 0 Å². The van der Waals surface area contributed by atoms with Gasteiger partial charge in [0.05, 0.1) is 10.7 Å². The van der Waals surface area contributed by atoms with Gasteiger partial charge in [-0.3, -0.25) is 4.79 Å². The van der Waals surface area contributed by atoms with E-state index in [1.54, 1.807) is 6.20 Å². The van der Waals surface area contributed by atoms with Crippen molar-refractivity contribution in [2.75, 3.05) is 0 Å². The zero-order valence-corrected chi connectivity index (χ0v) is 7.99. The van der Waals surface area contributed by atoms with Crippen LogP contribution >= 0.6 is 15.9 Å². The number of hydrogen-bond donors (Lipinski definition) is 1. The van der Waals surface area contributed by atoms with Crippen LogP contribution in [0.5, 0.6) is 0 Å². The fraction of sp³-hybridized carbons (Fsp3) is 0. The predicted octanol–water partition coefficient (Wildman–Crippen LogP) is -3.87. The van der Waals surface area contributed by atoms with Gasteiger partial charge in [0.2, 0.25) is 6.20 Å². The molecule has 0 aliphatic carbocycles. The fourth-order valence-electron chi connectivity index (χ4n) is 0.352. The van der Waals surface area contributed by atoms with Crippen LogP contribution in [0.3, 0.4) is 0 Å². The fourth-order valence-corrected chi connectivity index (χ4v) is 0.581. The lowest BCUT2D eigenvalue weighted by Crippen LogP contribution is -3.00. The van der Waals surface area contributed by atoms with Crippen molar-refractivity contribution in [1.29, 1.82) is 0 Å². The third kappa shape index (κ3) is 3.09. The van der Waals surface area contributed by atoms with Gasteiger partial charge in [-0.05, 0) is 15.9 Å². The van der Waals surface area contributed by atoms with Gasteiger partial charge in [-0.2, -0.15) is 5.10 Å². The van der Waals surface area contributed by atoms with Crippen LogP contribution in [-0.4, -0.2) is 10.6 Å². The zero-order chi connectivity index (χ0) is 5.98. The predicted molar refractivity (Wildman–Crippen MR) is 34.9 cm³/mol. The number of aromatic nitrogens is 2. The molecule has 0 aromatic carbocycles. The molecule has 0 atom stereocenters. The van der Waals surface area contributed by atoms with Crippen LogP contribution in [0.4, 0.5) is 0 Å². The van der Waals surface area contributed by atoms with Crippen molar-refractivity contribution < 1.29 is 27.6 Å². The molecule has 4 nitrogen and oxygen atoms in total. The van der Waals surface area contributed by atoms with Crippen LogP contribution in [0.2, 0.25) is 0 Å². The van der Waals surface area contributed by atoms with E-state index in [0.29, 0.717) is 4.47 Å². The van der Waals surface area contributed by atoms with Crippen molar-refractivity contribution >= 4 is 15.9 Å². The number of halogens is 2. The van der Waals surface area contributed by atoms with Gasteiger partial charge in [-0.15, -0.1) is 5.10 Å². The van der Waals surface area contributed by atoms with Gasteiger partial charge in [-0.1, -0.05) is 0 Å². The Morgan fingerprint density at radius 1 is 1.60 bits per heavy atom. The van der Waals surface area contributed by atoms with Crippen molar-refractivity contribution in [2.45, 2.75) is 0 Å². The molecule has 0 aliphatic rings. The normalized spacial score (nSPS) is 7.30. The van der Waals surface area contributed by atoms with Crippen LogP contribution < -0.4 is 27.5 Å². The van der Waals surface area contributed by atoms with E-state index in [0.717, 1.165) is 0 Å². The van der Waals surface area contributed by atoms with Gasteiger partial charge in [0, 0.05) is 0 Å². The lowest BCUT2D eigenvalue weighted by molar-refractivity contribution is -0.456. The van der Waals surface area contributed by atoms with Crippen LogP contribution in [0.25, 0.3) is 0 Å². The summed E-state index contributed by atoms with van der Waals surface area (Å²) >= 11 is 3.03. The summed E-state index contributed by atoms with van der Waals surface area (Å²) in [6.45, 7) is 0. The summed E-state index contributed by atoms with van der Waals surface area (Å²) in [6, 6.07) is 0. The lowest BCUT2D eigenvalue weighted by Gasteiger charge is -1.76. The second-order valence-electron chi connectivity index (χ2n) is 1.29. The Hall–Kier alpha value is -0.200. The highest BCUT2D eigenvalue weighted by Gasteiger charge is 1.92. The number of hydrogen-bond acceptors (Lipinski definition) is 1. The standard InChI is InChI=1S/C4H3BrN2O.BrH.H2O/c5-3-1-6-7-2-4(3)8;;/h1-2H,(H,6,8);1H;1H2. The van der Waals surface area contributed by atoms with Crippen molar-refractivity contribution in [3.63, 3.8) is 0 Å². The first-order valence-electron chi connectivity index (χ1n) is 2.05. The third-order valence-corrected chi connectivity index (χ3v) is 1.34. The molecule has 0 saturated carbocycles.